The third-order valence-corrected chi connectivity index (χ3v) is 10.5. The third kappa shape index (κ3) is 9.84. The molecule has 22 heteroatoms. The highest BCUT2D eigenvalue weighted by atomic mass is 16.8. The van der Waals surface area contributed by atoms with Crippen LogP contribution < -0.4 is 23.7 Å². The van der Waals surface area contributed by atoms with Gasteiger partial charge in [0.1, 0.15) is 18.5 Å². The average Bonchev–Trinajstić information content (AvgIpc) is 3.88. The Morgan fingerprint density at radius 3 is 1.79 bits per heavy atom. The first-order valence-corrected chi connectivity index (χ1v) is 20.4. The number of benzene rings is 3. The van der Waals surface area contributed by atoms with E-state index in [1.54, 1.807) is 30.3 Å². The van der Waals surface area contributed by atoms with Crippen molar-refractivity contribution in [1.82, 2.24) is 0 Å². The first kappa shape index (κ1) is 47.1. The van der Waals surface area contributed by atoms with E-state index in [1.807, 2.05) is 0 Å². The largest absolute Gasteiger partial charge is 0.493 e. The summed E-state index contributed by atoms with van der Waals surface area (Å²) in [6.45, 7) is 5.16. The summed E-state index contributed by atoms with van der Waals surface area (Å²) in [4.78, 5) is 88.7. The summed E-state index contributed by atoms with van der Waals surface area (Å²) in [5.74, 6) is -4.35. The summed E-state index contributed by atoms with van der Waals surface area (Å²) in [5.41, 5.74) is 1.27. The average molecular weight is 927 g/mol. The van der Waals surface area contributed by atoms with Crippen LogP contribution in [0.5, 0.6) is 28.7 Å². The maximum absolute atomic E-state index is 13.8. The van der Waals surface area contributed by atoms with Crippen molar-refractivity contribution >= 4 is 52.6 Å². The minimum atomic E-state index is -1.76. The SMILES string of the molecule is COc1cc2c(OC3OC(COC4OCC(OC(C)=O)C(OC(C)=O)C4OC(C)=O)C(OC(C)=O)C(OC(C)=O)C3OC(C)=O)c3c(c(-c4ccc5c(c4)OCO5)c2cc1OC)C(=O)OC3. The van der Waals surface area contributed by atoms with Crippen LogP contribution in [0.25, 0.3) is 21.9 Å². The summed E-state index contributed by atoms with van der Waals surface area (Å²) in [6, 6.07) is 8.36. The fraction of sp³-hybridized carbons (Fsp3) is 0.477. The number of carbonyl (C=O) groups is 7. The number of carbonyl (C=O) groups excluding carboxylic acids is 7. The molecule has 4 heterocycles. The molecular weight excluding hydrogens is 880 g/mol. The van der Waals surface area contributed by atoms with E-state index < -0.39 is 110 Å². The van der Waals surface area contributed by atoms with Crippen molar-refractivity contribution in [3.63, 3.8) is 0 Å². The van der Waals surface area contributed by atoms with Gasteiger partial charge >= 0.3 is 41.8 Å². The van der Waals surface area contributed by atoms with Crippen molar-refractivity contribution in [2.24, 2.45) is 0 Å². The summed E-state index contributed by atoms with van der Waals surface area (Å²) >= 11 is 0. The predicted octanol–water partition coefficient (Wildman–Crippen LogP) is 2.99. The molecule has 7 rings (SSSR count). The molecule has 9 atom stereocenters. The molecule has 4 aliphatic rings. The summed E-state index contributed by atoms with van der Waals surface area (Å²) < 4.78 is 86.6. The van der Waals surface area contributed by atoms with Gasteiger partial charge in [-0.15, -0.1) is 0 Å². The molecule has 0 aliphatic carbocycles. The van der Waals surface area contributed by atoms with Crippen molar-refractivity contribution in [2.45, 2.75) is 103 Å². The van der Waals surface area contributed by atoms with Gasteiger partial charge in [0.2, 0.25) is 19.2 Å². The first-order chi connectivity index (χ1) is 31.5. The molecule has 0 aromatic heterocycles. The minimum Gasteiger partial charge on any atom is -0.493 e. The molecule has 2 fully saturated rings. The monoisotopic (exact) mass is 926 g/mol. The number of ether oxygens (including phenoxy) is 15. The number of cyclic esters (lactones) is 1. The summed E-state index contributed by atoms with van der Waals surface area (Å²) in [7, 11) is 2.85. The minimum absolute atomic E-state index is 0.00708. The molecule has 0 saturated carbocycles. The highest BCUT2D eigenvalue weighted by Crippen LogP contribution is 2.50. The van der Waals surface area contributed by atoms with Gasteiger partial charge in [0.05, 0.1) is 33.0 Å². The Balaban J connectivity index is 1.34. The third-order valence-electron chi connectivity index (χ3n) is 10.5. The van der Waals surface area contributed by atoms with Crippen LogP contribution in [0, 0.1) is 0 Å². The van der Waals surface area contributed by atoms with E-state index in [0.717, 1.165) is 41.5 Å². The lowest BCUT2D eigenvalue weighted by atomic mass is 9.89. The van der Waals surface area contributed by atoms with Crippen LogP contribution in [0.4, 0.5) is 0 Å². The number of hydrogen-bond acceptors (Lipinski definition) is 22. The van der Waals surface area contributed by atoms with Gasteiger partial charge in [-0.05, 0) is 35.2 Å². The summed E-state index contributed by atoms with van der Waals surface area (Å²) in [6.07, 6.45) is -13.9. The number of esters is 7. The lowest BCUT2D eigenvalue weighted by Gasteiger charge is -2.45. The van der Waals surface area contributed by atoms with Gasteiger partial charge in [0.25, 0.3) is 0 Å². The van der Waals surface area contributed by atoms with Crippen molar-refractivity contribution in [1.29, 1.82) is 0 Å². The maximum atomic E-state index is 13.8. The van der Waals surface area contributed by atoms with Gasteiger partial charge in [-0.1, -0.05) is 6.07 Å². The van der Waals surface area contributed by atoms with Gasteiger partial charge in [-0.3, -0.25) is 28.8 Å². The predicted molar refractivity (Wildman–Crippen MR) is 216 cm³/mol. The van der Waals surface area contributed by atoms with Gasteiger partial charge < -0.3 is 71.1 Å². The van der Waals surface area contributed by atoms with E-state index in [-0.39, 0.29) is 41.8 Å². The van der Waals surface area contributed by atoms with Crippen LogP contribution in [0.15, 0.2) is 30.3 Å². The maximum Gasteiger partial charge on any atom is 0.339 e. The van der Waals surface area contributed by atoms with Crippen LogP contribution >= 0.6 is 0 Å². The fourth-order valence-corrected chi connectivity index (χ4v) is 8.14. The van der Waals surface area contributed by atoms with Gasteiger partial charge in [-0.2, -0.15) is 0 Å². The fourth-order valence-electron chi connectivity index (χ4n) is 8.14. The lowest BCUT2D eigenvalue weighted by Crippen LogP contribution is -2.64. The Kier molecular flexibility index (Phi) is 14.0. The van der Waals surface area contributed by atoms with E-state index in [9.17, 15) is 33.6 Å². The molecule has 0 bridgehead atoms. The van der Waals surface area contributed by atoms with E-state index in [4.69, 9.17) is 71.1 Å². The molecule has 0 N–H and O–H groups in total. The molecule has 66 heavy (non-hydrogen) atoms. The van der Waals surface area contributed by atoms with Crippen molar-refractivity contribution in [3.8, 4) is 39.9 Å². The number of fused-ring (bicyclic) bond motifs is 3. The highest BCUT2D eigenvalue weighted by molar-refractivity contribution is 6.14. The molecule has 2 saturated heterocycles. The van der Waals surface area contributed by atoms with Crippen molar-refractivity contribution in [3.05, 3.63) is 41.5 Å². The molecule has 354 valence electrons. The first-order valence-electron chi connectivity index (χ1n) is 20.4. The van der Waals surface area contributed by atoms with E-state index >= 15 is 0 Å². The summed E-state index contributed by atoms with van der Waals surface area (Å²) in [5, 5.41) is 0.716. The molecule has 22 nitrogen and oxygen atoms in total. The Morgan fingerprint density at radius 1 is 0.606 bits per heavy atom. The molecule has 0 spiro atoms. The second kappa shape index (κ2) is 19.7. The van der Waals surface area contributed by atoms with Gasteiger partial charge in [0, 0.05) is 58.1 Å². The smallest absolute Gasteiger partial charge is 0.339 e. The van der Waals surface area contributed by atoms with Crippen molar-refractivity contribution in [2.75, 3.05) is 34.2 Å². The van der Waals surface area contributed by atoms with Gasteiger partial charge in [-0.25, -0.2) is 4.79 Å². The molecular formula is C44H46O22. The molecule has 0 radical (unpaired) electrons. The Labute approximate surface area is 375 Å². The van der Waals surface area contributed by atoms with Crippen molar-refractivity contribution < 1.29 is 105 Å². The van der Waals surface area contributed by atoms with E-state index in [0.29, 0.717) is 33.4 Å². The second-order valence-electron chi connectivity index (χ2n) is 15.2. The Bertz CT molecular complexity index is 2430. The second-order valence-corrected chi connectivity index (χ2v) is 15.2. The standard InChI is InChI=1S/C44H46O22/c1-18(45)59-32-15-55-43(40(63-22(5)49)38(32)61-20(3)47)56-16-33-37(60-19(2)46)39(62-21(4)48)41(64-23(6)50)44(65-33)66-36-26-13-30(53-8)29(52-7)12-25(26)34(35-27(36)14-54-42(35)51)24-9-10-28-31(11-24)58-17-57-28/h9-13,32-33,37-41,43-44H,14-17H2,1-8H3. The highest BCUT2D eigenvalue weighted by Gasteiger charge is 2.55. The number of methoxy groups -OCH3 is 2. The van der Waals surface area contributed by atoms with Crippen LogP contribution in [0.1, 0.15) is 57.5 Å². The van der Waals surface area contributed by atoms with E-state index in [2.05, 4.69) is 0 Å². The lowest BCUT2D eigenvalue weighted by molar-refractivity contribution is -0.313. The van der Waals surface area contributed by atoms with Gasteiger partial charge in [0.15, 0.2) is 59.8 Å². The zero-order valence-electron chi connectivity index (χ0n) is 36.9. The van der Waals surface area contributed by atoms with Crippen LogP contribution in [0.2, 0.25) is 0 Å². The Morgan fingerprint density at radius 2 is 1.17 bits per heavy atom. The molecule has 0 amide bonds. The van der Waals surface area contributed by atoms with Crippen LogP contribution in [-0.2, 0) is 82.7 Å². The zero-order chi connectivity index (χ0) is 47.6. The molecule has 4 aliphatic heterocycles. The van der Waals surface area contributed by atoms with Crippen LogP contribution in [0.3, 0.4) is 0 Å². The number of rotatable bonds is 14. The molecule has 3 aromatic rings. The topological polar surface area (TPSA) is 258 Å². The van der Waals surface area contributed by atoms with Crippen LogP contribution in [-0.4, -0.2) is 131 Å². The molecule has 9 unspecified atom stereocenters. The van der Waals surface area contributed by atoms with E-state index in [1.165, 1.54) is 14.2 Å². The zero-order valence-corrected chi connectivity index (χ0v) is 36.9. The number of hydrogen-bond donors (Lipinski definition) is 0. The normalized spacial score (nSPS) is 25.1. The quantitative estimate of drug-likeness (QED) is 0.166. The Hall–Kier alpha value is -6.91. The molecule has 3 aromatic carbocycles.